The Balaban J connectivity index is 2.28. The Morgan fingerprint density at radius 1 is 0.880 bits per heavy atom. The van der Waals surface area contributed by atoms with Crippen LogP contribution in [0.5, 0.6) is 17.2 Å². The van der Waals surface area contributed by atoms with E-state index >= 15 is 0 Å². The molecule has 0 N–H and O–H groups in total. The molecule has 4 nitrogen and oxygen atoms in total. The van der Waals surface area contributed by atoms with E-state index in [9.17, 15) is 0 Å². The number of aryl methyl sites for hydroxylation is 1. The minimum absolute atomic E-state index is 0.670. The minimum atomic E-state index is 0.670. The number of pyridine rings is 1. The molecule has 0 atom stereocenters. The highest BCUT2D eigenvalue weighted by Gasteiger charge is 2.17. The van der Waals surface area contributed by atoms with E-state index < -0.39 is 0 Å². The Morgan fingerprint density at radius 3 is 2.12 bits per heavy atom. The number of methoxy groups -OCH3 is 3. The van der Waals surface area contributed by atoms with E-state index in [4.69, 9.17) is 19.2 Å². The Kier molecular flexibility index (Phi) is 5.04. The first kappa shape index (κ1) is 17.4. The molecule has 0 aliphatic rings. The second kappa shape index (κ2) is 7.23. The molecule has 3 rings (SSSR count). The van der Waals surface area contributed by atoms with Crippen molar-refractivity contribution < 1.29 is 14.2 Å². The van der Waals surface area contributed by atoms with Crippen molar-refractivity contribution in [3.05, 3.63) is 42.0 Å². The summed E-state index contributed by atoms with van der Waals surface area (Å²) < 4.78 is 16.5. The predicted octanol–water partition coefficient (Wildman–Crippen LogP) is 4.96. The Labute approximate surface area is 152 Å². The number of rotatable bonds is 5. The van der Waals surface area contributed by atoms with Crippen LogP contribution >= 0.6 is 11.8 Å². The zero-order chi connectivity index (χ0) is 18.0. The topological polar surface area (TPSA) is 40.6 Å². The highest BCUT2D eigenvalue weighted by atomic mass is 32.2. The summed E-state index contributed by atoms with van der Waals surface area (Å²) in [7, 11) is 4.89. The highest BCUT2D eigenvalue weighted by Crippen LogP contribution is 2.42. The third-order valence-electron chi connectivity index (χ3n) is 4.20. The highest BCUT2D eigenvalue weighted by molar-refractivity contribution is 7.98. The SMILES string of the molecule is COc1cc(OC)c(-c2cc(C)c3ccc(SC)cc3n2)c(OC)c1. The molecular formula is C20H21NO3S. The molecule has 0 bridgehead atoms. The summed E-state index contributed by atoms with van der Waals surface area (Å²) in [6, 6.07) is 12.1. The summed E-state index contributed by atoms with van der Waals surface area (Å²) in [5.41, 5.74) is 3.76. The molecule has 1 aromatic heterocycles. The average Bonchev–Trinajstić information content (AvgIpc) is 2.65. The number of aromatic nitrogens is 1. The molecule has 0 saturated heterocycles. The van der Waals surface area contributed by atoms with Gasteiger partial charge in [0.2, 0.25) is 0 Å². The standard InChI is InChI=1S/C20H21NO3S/c1-12-8-17(21-16-11-14(25-5)6-7-15(12)16)20-18(23-3)9-13(22-2)10-19(20)24-4/h6-11H,1-5H3. The van der Waals surface area contributed by atoms with Crippen LogP contribution in [0.25, 0.3) is 22.2 Å². The van der Waals surface area contributed by atoms with Gasteiger partial charge in [-0.1, -0.05) is 6.07 Å². The van der Waals surface area contributed by atoms with Crippen molar-refractivity contribution in [1.82, 2.24) is 4.98 Å². The molecule has 5 heteroatoms. The maximum atomic E-state index is 5.58. The first-order valence-corrected chi connectivity index (χ1v) is 9.09. The van der Waals surface area contributed by atoms with Gasteiger partial charge in [0.25, 0.3) is 0 Å². The number of benzene rings is 2. The maximum Gasteiger partial charge on any atom is 0.135 e. The van der Waals surface area contributed by atoms with E-state index in [0.29, 0.717) is 17.2 Å². The van der Waals surface area contributed by atoms with Crippen molar-refractivity contribution in [2.45, 2.75) is 11.8 Å². The Bertz CT molecular complexity index is 899. The van der Waals surface area contributed by atoms with E-state index in [1.807, 2.05) is 12.1 Å². The van der Waals surface area contributed by atoms with Gasteiger partial charge in [0, 0.05) is 22.4 Å². The molecule has 0 aliphatic heterocycles. The van der Waals surface area contributed by atoms with Crippen molar-refractivity contribution in [3.63, 3.8) is 0 Å². The normalized spacial score (nSPS) is 10.8. The number of nitrogens with zero attached hydrogens (tertiary/aromatic N) is 1. The molecular weight excluding hydrogens is 334 g/mol. The van der Waals surface area contributed by atoms with Crippen LogP contribution in [-0.2, 0) is 0 Å². The number of thioether (sulfide) groups is 1. The summed E-state index contributed by atoms with van der Waals surface area (Å²) in [5.74, 6) is 2.02. The Morgan fingerprint density at radius 2 is 1.56 bits per heavy atom. The molecule has 0 spiro atoms. The monoisotopic (exact) mass is 355 g/mol. The molecule has 0 unspecified atom stereocenters. The van der Waals surface area contributed by atoms with Gasteiger partial charge in [0.05, 0.1) is 38.1 Å². The number of hydrogen-bond donors (Lipinski definition) is 0. The van der Waals surface area contributed by atoms with Crippen LogP contribution in [0.1, 0.15) is 5.56 Å². The van der Waals surface area contributed by atoms with Gasteiger partial charge in [-0.15, -0.1) is 11.8 Å². The van der Waals surface area contributed by atoms with Crippen molar-refractivity contribution in [2.75, 3.05) is 27.6 Å². The van der Waals surface area contributed by atoms with E-state index in [-0.39, 0.29) is 0 Å². The first-order valence-electron chi connectivity index (χ1n) is 7.87. The lowest BCUT2D eigenvalue weighted by Crippen LogP contribution is -1.97. The van der Waals surface area contributed by atoms with Crippen molar-refractivity contribution in [1.29, 1.82) is 0 Å². The van der Waals surface area contributed by atoms with Crippen LogP contribution in [-0.4, -0.2) is 32.6 Å². The average molecular weight is 355 g/mol. The molecule has 0 aliphatic carbocycles. The fourth-order valence-electron chi connectivity index (χ4n) is 2.90. The quantitative estimate of drug-likeness (QED) is 0.605. The van der Waals surface area contributed by atoms with Gasteiger partial charge in [-0.2, -0.15) is 0 Å². The second-order valence-corrected chi connectivity index (χ2v) is 6.49. The van der Waals surface area contributed by atoms with E-state index in [2.05, 4.69) is 37.4 Å². The molecule has 1 heterocycles. The van der Waals surface area contributed by atoms with Crippen LogP contribution in [0.4, 0.5) is 0 Å². The van der Waals surface area contributed by atoms with Crippen LogP contribution in [0, 0.1) is 6.92 Å². The molecule has 0 amide bonds. The van der Waals surface area contributed by atoms with E-state index in [1.54, 1.807) is 33.1 Å². The third kappa shape index (κ3) is 3.24. The smallest absolute Gasteiger partial charge is 0.135 e. The molecule has 2 aromatic carbocycles. The fourth-order valence-corrected chi connectivity index (χ4v) is 3.33. The van der Waals surface area contributed by atoms with Crippen LogP contribution in [0.2, 0.25) is 0 Å². The van der Waals surface area contributed by atoms with E-state index in [1.165, 1.54) is 4.90 Å². The first-order chi connectivity index (χ1) is 12.1. The molecule has 0 fully saturated rings. The van der Waals surface area contributed by atoms with Gasteiger partial charge in [-0.3, -0.25) is 0 Å². The zero-order valence-corrected chi connectivity index (χ0v) is 15.9. The largest absolute Gasteiger partial charge is 0.496 e. The number of ether oxygens (including phenoxy) is 3. The second-order valence-electron chi connectivity index (χ2n) is 5.61. The number of hydrogen-bond acceptors (Lipinski definition) is 5. The summed E-state index contributed by atoms with van der Waals surface area (Å²) in [6.45, 7) is 2.09. The lowest BCUT2D eigenvalue weighted by Gasteiger charge is -2.16. The Hall–Kier alpha value is -2.40. The van der Waals surface area contributed by atoms with Gasteiger partial charge in [0.15, 0.2) is 0 Å². The van der Waals surface area contributed by atoms with Gasteiger partial charge in [-0.25, -0.2) is 4.98 Å². The van der Waals surface area contributed by atoms with Crippen molar-refractivity contribution in [2.24, 2.45) is 0 Å². The fraction of sp³-hybridized carbons (Fsp3) is 0.250. The van der Waals surface area contributed by atoms with Gasteiger partial charge < -0.3 is 14.2 Å². The maximum absolute atomic E-state index is 5.58. The summed E-state index contributed by atoms with van der Waals surface area (Å²) >= 11 is 1.71. The molecule has 0 saturated carbocycles. The van der Waals surface area contributed by atoms with Crippen molar-refractivity contribution >= 4 is 22.7 Å². The van der Waals surface area contributed by atoms with Gasteiger partial charge in [0.1, 0.15) is 17.2 Å². The van der Waals surface area contributed by atoms with Crippen LogP contribution in [0.15, 0.2) is 41.3 Å². The van der Waals surface area contributed by atoms with Crippen LogP contribution < -0.4 is 14.2 Å². The third-order valence-corrected chi connectivity index (χ3v) is 4.92. The zero-order valence-electron chi connectivity index (χ0n) is 15.0. The van der Waals surface area contributed by atoms with Gasteiger partial charge in [-0.05, 0) is 36.9 Å². The predicted molar refractivity (Wildman–Crippen MR) is 103 cm³/mol. The lowest BCUT2D eigenvalue weighted by molar-refractivity contribution is 0.377. The summed E-state index contributed by atoms with van der Waals surface area (Å²) in [6.07, 6.45) is 2.06. The minimum Gasteiger partial charge on any atom is -0.496 e. The molecule has 3 aromatic rings. The van der Waals surface area contributed by atoms with Crippen molar-refractivity contribution in [3.8, 4) is 28.5 Å². The van der Waals surface area contributed by atoms with E-state index in [0.717, 1.165) is 27.7 Å². The number of fused-ring (bicyclic) bond motifs is 1. The molecule has 0 radical (unpaired) electrons. The molecule has 25 heavy (non-hydrogen) atoms. The van der Waals surface area contributed by atoms with Gasteiger partial charge >= 0.3 is 0 Å². The lowest BCUT2D eigenvalue weighted by atomic mass is 10.0. The van der Waals surface area contributed by atoms with Crippen LogP contribution in [0.3, 0.4) is 0 Å². The summed E-state index contributed by atoms with van der Waals surface area (Å²) in [4.78, 5) is 6.06. The molecule has 130 valence electrons. The summed E-state index contributed by atoms with van der Waals surface area (Å²) in [5, 5.41) is 1.15.